The highest BCUT2D eigenvalue weighted by atomic mass is 35.5. The van der Waals surface area contributed by atoms with Gasteiger partial charge in [0.1, 0.15) is 0 Å². The molecule has 18 heavy (non-hydrogen) atoms. The van der Waals surface area contributed by atoms with Crippen LogP contribution in [0.4, 0.5) is 11.4 Å². The van der Waals surface area contributed by atoms with E-state index in [1.54, 1.807) is 0 Å². The minimum absolute atomic E-state index is 0.556. The molecule has 2 unspecified atom stereocenters. The number of benzene rings is 1. The first kappa shape index (κ1) is 13.5. The summed E-state index contributed by atoms with van der Waals surface area (Å²) in [5, 5.41) is 0.799. The molecule has 0 aromatic heterocycles. The van der Waals surface area contributed by atoms with Gasteiger partial charge in [-0.2, -0.15) is 0 Å². The number of aryl methyl sites for hydroxylation is 1. The highest BCUT2D eigenvalue weighted by Gasteiger charge is 2.28. The van der Waals surface area contributed by atoms with Gasteiger partial charge >= 0.3 is 0 Å². The van der Waals surface area contributed by atoms with Gasteiger partial charge in [-0.3, -0.25) is 0 Å². The molecule has 2 atom stereocenters. The van der Waals surface area contributed by atoms with E-state index in [0.29, 0.717) is 12.1 Å². The molecule has 1 heterocycles. The standard InChI is InChI=1S/C15H23ClN2/c1-4-12-8-13(17)9-14(16)15(12)18-10(2)6-5-7-11(18)3/h8-11H,4-7,17H2,1-3H3. The number of piperidine rings is 1. The van der Waals surface area contributed by atoms with Crippen molar-refractivity contribution in [3.05, 3.63) is 22.7 Å². The average Bonchev–Trinajstić information content (AvgIpc) is 2.30. The second-order valence-corrected chi connectivity index (χ2v) is 5.81. The Hall–Kier alpha value is -0.890. The van der Waals surface area contributed by atoms with Crippen LogP contribution in [0, 0.1) is 0 Å². The van der Waals surface area contributed by atoms with Crippen LogP contribution >= 0.6 is 11.6 Å². The van der Waals surface area contributed by atoms with Gasteiger partial charge < -0.3 is 10.6 Å². The van der Waals surface area contributed by atoms with Crippen LogP contribution in [-0.4, -0.2) is 12.1 Å². The van der Waals surface area contributed by atoms with Gasteiger partial charge in [0.2, 0.25) is 0 Å². The second-order valence-electron chi connectivity index (χ2n) is 5.40. The summed E-state index contributed by atoms with van der Waals surface area (Å²) >= 11 is 6.46. The van der Waals surface area contributed by atoms with Crippen molar-refractivity contribution >= 4 is 23.0 Å². The summed E-state index contributed by atoms with van der Waals surface area (Å²) < 4.78 is 0. The number of anilines is 2. The molecule has 0 saturated carbocycles. The number of halogens is 1. The Bertz CT molecular complexity index is 421. The minimum Gasteiger partial charge on any atom is -0.399 e. The van der Waals surface area contributed by atoms with Gasteiger partial charge in [-0.05, 0) is 57.2 Å². The zero-order valence-electron chi connectivity index (χ0n) is 11.5. The van der Waals surface area contributed by atoms with Crippen LogP contribution in [0.25, 0.3) is 0 Å². The zero-order chi connectivity index (χ0) is 13.3. The monoisotopic (exact) mass is 266 g/mol. The lowest BCUT2D eigenvalue weighted by Gasteiger charge is -2.42. The first-order chi connectivity index (χ1) is 8.54. The number of hydrogen-bond acceptors (Lipinski definition) is 2. The van der Waals surface area contributed by atoms with Crippen molar-refractivity contribution in [3.63, 3.8) is 0 Å². The first-order valence-electron chi connectivity index (χ1n) is 6.90. The van der Waals surface area contributed by atoms with Gasteiger partial charge in [-0.25, -0.2) is 0 Å². The molecule has 0 spiro atoms. The number of nitrogens with two attached hydrogens (primary N) is 1. The molecular formula is C15H23ClN2. The van der Waals surface area contributed by atoms with Gasteiger partial charge in [0.25, 0.3) is 0 Å². The van der Waals surface area contributed by atoms with Crippen LogP contribution in [0.5, 0.6) is 0 Å². The van der Waals surface area contributed by atoms with Gasteiger partial charge in [0, 0.05) is 17.8 Å². The number of hydrogen-bond donors (Lipinski definition) is 1. The van der Waals surface area contributed by atoms with E-state index in [1.807, 2.05) is 6.07 Å². The van der Waals surface area contributed by atoms with E-state index >= 15 is 0 Å². The molecule has 1 saturated heterocycles. The molecule has 1 aliphatic rings. The SMILES string of the molecule is CCc1cc(N)cc(Cl)c1N1C(C)CCCC1C. The fraction of sp³-hybridized carbons (Fsp3) is 0.600. The van der Waals surface area contributed by atoms with E-state index < -0.39 is 0 Å². The first-order valence-corrected chi connectivity index (χ1v) is 7.28. The van der Waals surface area contributed by atoms with Crippen molar-refractivity contribution in [1.82, 2.24) is 0 Å². The largest absolute Gasteiger partial charge is 0.399 e. The van der Waals surface area contributed by atoms with Crippen LogP contribution in [-0.2, 0) is 6.42 Å². The molecule has 1 aliphatic heterocycles. The van der Waals surface area contributed by atoms with Crippen molar-refractivity contribution in [2.45, 2.75) is 58.5 Å². The Kier molecular flexibility index (Phi) is 4.06. The Morgan fingerprint density at radius 1 is 1.28 bits per heavy atom. The van der Waals surface area contributed by atoms with Crippen LogP contribution in [0.15, 0.2) is 12.1 Å². The molecule has 0 amide bonds. The molecule has 3 heteroatoms. The smallest absolute Gasteiger partial charge is 0.0663 e. The van der Waals surface area contributed by atoms with Crippen LogP contribution in [0.3, 0.4) is 0 Å². The molecule has 0 radical (unpaired) electrons. The quantitative estimate of drug-likeness (QED) is 0.811. The molecular weight excluding hydrogens is 244 g/mol. The predicted octanol–water partition coefficient (Wildman–Crippen LogP) is 4.25. The predicted molar refractivity (Wildman–Crippen MR) is 80.5 cm³/mol. The molecule has 1 aromatic carbocycles. The molecule has 2 N–H and O–H groups in total. The summed E-state index contributed by atoms with van der Waals surface area (Å²) in [7, 11) is 0. The van der Waals surface area contributed by atoms with Crippen molar-refractivity contribution in [2.24, 2.45) is 0 Å². The van der Waals surface area contributed by atoms with E-state index in [9.17, 15) is 0 Å². The molecule has 1 aromatic rings. The summed E-state index contributed by atoms with van der Waals surface area (Å²) in [6.45, 7) is 6.75. The third-order valence-electron chi connectivity index (χ3n) is 4.00. The highest BCUT2D eigenvalue weighted by molar-refractivity contribution is 6.33. The number of nitrogen functional groups attached to an aromatic ring is 1. The van der Waals surface area contributed by atoms with Gasteiger partial charge in [-0.15, -0.1) is 0 Å². The summed E-state index contributed by atoms with van der Waals surface area (Å²) in [6.07, 6.45) is 4.77. The number of nitrogens with zero attached hydrogens (tertiary/aromatic N) is 1. The Balaban J connectivity index is 2.48. The molecule has 0 bridgehead atoms. The average molecular weight is 267 g/mol. The normalized spacial score (nSPS) is 24.3. The zero-order valence-corrected chi connectivity index (χ0v) is 12.3. The van der Waals surface area contributed by atoms with E-state index in [0.717, 1.165) is 17.1 Å². The highest BCUT2D eigenvalue weighted by Crippen LogP contribution is 2.38. The van der Waals surface area contributed by atoms with Crippen LogP contribution in [0.1, 0.15) is 45.6 Å². The maximum absolute atomic E-state index is 6.46. The molecule has 2 nitrogen and oxygen atoms in total. The van der Waals surface area contributed by atoms with Gasteiger partial charge in [-0.1, -0.05) is 18.5 Å². The topological polar surface area (TPSA) is 29.3 Å². The molecule has 1 fully saturated rings. The summed E-state index contributed by atoms with van der Waals surface area (Å²) in [4.78, 5) is 2.49. The lowest BCUT2D eigenvalue weighted by molar-refractivity contribution is 0.413. The lowest BCUT2D eigenvalue weighted by Crippen LogP contribution is -2.44. The number of rotatable bonds is 2. The van der Waals surface area contributed by atoms with E-state index in [1.165, 1.54) is 30.5 Å². The van der Waals surface area contributed by atoms with Crippen molar-refractivity contribution in [1.29, 1.82) is 0 Å². The lowest BCUT2D eigenvalue weighted by atomic mass is 9.95. The molecule has 0 aliphatic carbocycles. The third kappa shape index (κ3) is 2.44. The minimum atomic E-state index is 0.556. The summed E-state index contributed by atoms with van der Waals surface area (Å²) in [6, 6.07) is 5.06. The summed E-state index contributed by atoms with van der Waals surface area (Å²) in [5.41, 5.74) is 9.13. The van der Waals surface area contributed by atoms with Gasteiger partial charge in [0.05, 0.1) is 10.7 Å². The second kappa shape index (κ2) is 5.40. The Morgan fingerprint density at radius 3 is 2.44 bits per heavy atom. The van der Waals surface area contributed by atoms with Crippen molar-refractivity contribution < 1.29 is 0 Å². The van der Waals surface area contributed by atoms with E-state index in [2.05, 4.69) is 31.7 Å². The van der Waals surface area contributed by atoms with Crippen molar-refractivity contribution in [2.75, 3.05) is 10.6 Å². The van der Waals surface area contributed by atoms with Crippen LogP contribution in [0.2, 0.25) is 5.02 Å². The Morgan fingerprint density at radius 2 is 1.89 bits per heavy atom. The Labute approximate surface area is 115 Å². The third-order valence-corrected chi connectivity index (χ3v) is 4.29. The summed E-state index contributed by atoms with van der Waals surface area (Å²) in [5.74, 6) is 0. The maximum Gasteiger partial charge on any atom is 0.0663 e. The van der Waals surface area contributed by atoms with E-state index in [4.69, 9.17) is 17.3 Å². The fourth-order valence-electron chi connectivity index (χ4n) is 3.10. The molecule has 100 valence electrons. The van der Waals surface area contributed by atoms with Crippen molar-refractivity contribution in [3.8, 4) is 0 Å². The molecule has 2 rings (SSSR count). The van der Waals surface area contributed by atoms with Crippen LogP contribution < -0.4 is 10.6 Å². The van der Waals surface area contributed by atoms with E-state index in [-0.39, 0.29) is 0 Å². The fourth-order valence-corrected chi connectivity index (χ4v) is 3.44. The maximum atomic E-state index is 6.46. The van der Waals surface area contributed by atoms with Gasteiger partial charge in [0.15, 0.2) is 0 Å².